The van der Waals surface area contributed by atoms with Crippen LogP contribution in [0.5, 0.6) is 0 Å². The summed E-state index contributed by atoms with van der Waals surface area (Å²) < 4.78 is 0.599. The molecule has 15 heavy (non-hydrogen) atoms. The summed E-state index contributed by atoms with van der Waals surface area (Å²) in [5, 5.41) is 20.6. The number of carboxylic acids is 1. The number of hydrogen-bond acceptors (Lipinski definition) is 4. The SMILES string of the molecule is C[C@@H](CO)Nc1ncc(Br)cc1C(=O)O. The molecule has 1 rings (SSSR count). The zero-order chi connectivity index (χ0) is 11.4. The molecule has 3 N–H and O–H groups in total. The summed E-state index contributed by atoms with van der Waals surface area (Å²) in [6.07, 6.45) is 1.50. The van der Waals surface area contributed by atoms with Crippen molar-refractivity contribution in [1.29, 1.82) is 0 Å². The first-order valence-corrected chi connectivity index (χ1v) is 5.10. The maximum atomic E-state index is 10.9. The molecule has 0 aliphatic heterocycles. The van der Waals surface area contributed by atoms with Gasteiger partial charge in [0.25, 0.3) is 0 Å². The van der Waals surface area contributed by atoms with E-state index in [1.807, 2.05) is 0 Å². The summed E-state index contributed by atoms with van der Waals surface area (Å²) in [4.78, 5) is 14.8. The Morgan fingerprint density at radius 3 is 2.93 bits per heavy atom. The number of anilines is 1. The molecule has 0 saturated heterocycles. The van der Waals surface area contributed by atoms with Crippen LogP contribution in [-0.4, -0.2) is 33.8 Å². The predicted octanol–water partition coefficient (Wildman–Crippen LogP) is 1.33. The fourth-order valence-corrected chi connectivity index (χ4v) is 1.33. The van der Waals surface area contributed by atoms with Crippen molar-refractivity contribution >= 4 is 27.7 Å². The van der Waals surface area contributed by atoms with Crippen molar-refractivity contribution in [2.75, 3.05) is 11.9 Å². The largest absolute Gasteiger partial charge is 0.478 e. The fraction of sp³-hybridized carbons (Fsp3) is 0.333. The molecule has 0 radical (unpaired) electrons. The molecule has 1 aromatic heterocycles. The van der Waals surface area contributed by atoms with Gasteiger partial charge in [0, 0.05) is 16.7 Å². The number of carbonyl (C=O) groups is 1. The van der Waals surface area contributed by atoms with Crippen molar-refractivity contribution in [3.8, 4) is 0 Å². The first kappa shape index (κ1) is 11.9. The normalized spacial score (nSPS) is 12.2. The van der Waals surface area contributed by atoms with E-state index in [0.29, 0.717) is 4.47 Å². The highest BCUT2D eigenvalue weighted by Gasteiger charge is 2.13. The number of aliphatic hydroxyl groups excluding tert-OH is 1. The standard InChI is InChI=1S/C9H11BrN2O3/c1-5(4-13)12-8-7(9(14)15)2-6(10)3-11-8/h2-3,5,13H,4H2,1H3,(H,11,12)(H,14,15)/t5-/m0/s1. The Labute approximate surface area is 95.3 Å². The fourth-order valence-electron chi connectivity index (χ4n) is 0.996. The molecule has 0 unspecified atom stereocenters. The van der Waals surface area contributed by atoms with Crippen LogP contribution in [0.1, 0.15) is 17.3 Å². The van der Waals surface area contributed by atoms with E-state index in [1.54, 1.807) is 6.92 Å². The first-order valence-electron chi connectivity index (χ1n) is 4.31. The van der Waals surface area contributed by atoms with Crippen molar-refractivity contribution in [3.05, 3.63) is 22.3 Å². The number of aromatic nitrogens is 1. The molecule has 0 saturated carbocycles. The van der Waals surface area contributed by atoms with E-state index in [0.717, 1.165) is 0 Å². The first-order chi connectivity index (χ1) is 7.04. The third kappa shape index (κ3) is 3.17. The molecule has 0 amide bonds. The molecule has 0 aliphatic rings. The van der Waals surface area contributed by atoms with Crippen molar-refractivity contribution in [2.24, 2.45) is 0 Å². The van der Waals surface area contributed by atoms with Gasteiger partial charge in [-0.05, 0) is 28.9 Å². The number of halogens is 1. The lowest BCUT2D eigenvalue weighted by molar-refractivity contribution is 0.0697. The van der Waals surface area contributed by atoms with Crippen LogP contribution in [0.3, 0.4) is 0 Å². The van der Waals surface area contributed by atoms with Gasteiger partial charge in [-0.1, -0.05) is 0 Å². The van der Waals surface area contributed by atoms with Gasteiger partial charge in [0.1, 0.15) is 11.4 Å². The lowest BCUT2D eigenvalue weighted by Gasteiger charge is -2.13. The number of aliphatic hydroxyl groups is 1. The monoisotopic (exact) mass is 274 g/mol. The van der Waals surface area contributed by atoms with Gasteiger partial charge >= 0.3 is 5.97 Å². The minimum Gasteiger partial charge on any atom is -0.478 e. The van der Waals surface area contributed by atoms with E-state index < -0.39 is 5.97 Å². The number of hydrogen-bond donors (Lipinski definition) is 3. The summed E-state index contributed by atoms with van der Waals surface area (Å²) >= 11 is 3.14. The Hall–Kier alpha value is -1.14. The van der Waals surface area contributed by atoms with Crippen LogP contribution in [0.4, 0.5) is 5.82 Å². The van der Waals surface area contributed by atoms with Gasteiger partial charge in [0.15, 0.2) is 0 Å². The molecular weight excluding hydrogens is 264 g/mol. The van der Waals surface area contributed by atoms with Crippen molar-refractivity contribution < 1.29 is 15.0 Å². The summed E-state index contributed by atoms with van der Waals surface area (Å²) in [6, 6.07) is 1.22. The van der Waals surface area contributed by atoms with Gasteiger partial charge in [-0.3, -0.25) is 0 Å². The van der Waals surface area contributed by atoms with Crippen LogP contribution < -0.4 is 5.32 Å². The second-order valence-electron chi connectivity index (χ2n) is 3.08. The van der Waals surface area contributed by atoms with Gasteiger partial charge in [-0.25, -0.2) is 9.78 Å². The second kappa shape index (κ2) is 5.09. The highest BCUT2D eigenvalue weighted by atomic mass is 79.9. The molecule has 0 fully saturated rings. The summed E-state index contributed by atoms with van der Waals surface area (Å²) in [5.41, 5.74) is 0.0738. The highest BCUT2D eigenvalue weighted by Crippen LogP contribution is 2.18. The molecule has 1 atom stereocenters. The third-order valence-electron chi connectivity index (χ3n) is 1.74. The molecule has 0 spiro atoms. The van der Waals surface area contributed by atoms with Crippen molar-refractivity contribution in [2.45, 2.75) is 13.0 Å². The van der Waals surface area contributed by atoms with E-state index in [9.17, 15) is 4.79 Å². The van der Waals surface area contributed by atoms with Crippen molar-refractivity contribution in [1.82, 2.24) is 4.98 Å². The van der Waals surface area contributed by atoms with E-state index >= 15 is 0 Å². The zero-order valence-electron chi connectivity index (χ0n) is 8.07. The maximum absolute atomic E-state index is 10.9. The highest BCUT2D eigenvalue weighted by molar-refractivity contribution is 9.10. The van der Waals surface area contributed by atoms with Gasteiger partial charge in [0.2, 0.25) is 0 Å². The third-order valence-corrected chi connectivity index (χ3v) is 2.18. The molecule has 82 valence electrons. The van der Waals surface area contributed by atoms with Crippen LogP contribution in [-0.2, 0) is 0 Å². The van der Waals surface area contributed by atoms with Gasteiger partial charge in [-0.2, -0.15) is 0 Å². The number of rotatable bonds is 4. The Morgan fingerprint density at radius 2 is 2.40 bits per heavy atom. The van der Waals surface area contributed by atoms with E-state index in [-0.39, 0.29) is 24.0 Å². The number of carboxylic acid groups (broad SMARTS) is 1. The Bertz CT molecular complexity index is 370. The van der Waals surface area contributed by atoms with Crippen LogP contribution in [0.15, 0.2) is 16.7 Å². The average molecular weight is 275 g/mol. The maximum Gasteiger partial charge on any atom is 0.339 e. The number of nitrogens with one attached hydrogen (secondary N) is 1. The van der Waals surface area contributed by atoms with E-state index in [1.165, 1.54) is 12.3 Å². The molecular formula is C9H11BrN2O3. The van der Waals surface area contributed by atoms with Gasteiger partial charge < -0.3 is 15.5 Å². The summed E-state index contributed by atoms with van der Waals surface area (Å²) in [7, 11) is 0. The molecule has 5 nitrogen and oxygen atoms in total. The Balaban J connectivity index is 3.01. The lowest BCUT2D eigenvalue weighted by Crippen LogP contribution is -2.21. The minimum atomic E-state index is -1.06. The minimum absolute atomic E-state index is 0.0738. The van der Waals surface area contributed by atoms with E-state index in [2.05, 4.69) is 26.2 Å². The molecule has 1 aromatic rings. The molecule has 1 heterocycles. The lowest BCUT2D eigenvalue weighted by atomic mass is 10.2. The quantitative estimate of drug-likeness (QED) is 0.772. The van der Waals surface area contributed by atoms with Crippen LogP contribution in [0, 0.1) is 0 Å². The van der Waals surface area contributed by atoms with Gasteiger partial charge in [0.05, 0.1) is 6.61 Å². The average Bonchev–Trinajstić information content (AvgIpc) is 2.20. The van der Waals surface area contributed by atoms with Crippen molar-refractivity contribution in [3.63, 3.8) is 0 Å². The molecule has 0 bridgehead atoms. The molecule has 0 aromatic carbocycles. The van der Waals surface area contributed by atoms with Crippen LogP contribution in [0.25, 0.3) is 0 Å². The number of aromatic carboxylic acids is 1. The number of nitrogens with zero attached hydrogens (tertiary/aromatic N) is 1. The predicted molar refractivity (Wildman–Crippen MR) is 59.1 cm³/mol. The zero-order valence-corrected chi connectivity index (χ0v) is 9.65. The Kier molecular flexibility index (Phi) is 4.05. The van der Waals surface area contributed by atoms with Crippen LogP contribution >= 0.6 is 15.9 Å². The van der Waals surface area contributed by atoms with Gasteiger partial charge in [-0.15, -0.1) is 0 Å². The summed E-state index contributed by atoms with van der Waals surface area (Å²) in [6.45, 7) is 1.64. The molecule has 6 heteroatoms. The van der Waals surface area contributed by atoms with E-state index in [4.69, 9.17) is 10.2 Å². The summed E-state index contributed by atoms with van der Waals surface area (Å²) in [5.74, 6) is -0.802. The smallest absolute Gasteiger partial charge is 0.339 e. The Morgan fingerprint density at radius 1 is 1.73 bits per heavy atom. The topological polar surface area (TPSA) is 82.5 Å². The van der Waals surface area contributed by atoms with Crippen LogP contribution in [0.2, 0.25) is 0 Å². The second-order valence-corrected chi connectivity index (χ2v) is 4.00. The number of pyridine rings is 1. The molecule has 0 aliphatic carbocycles.